The molecule has 5 aromatic rings. The van der Waals surface area contributed by atoms with E-state index in [0.717, 1.165) is 27.0 Å². The maximum Gasteiger partial charge on any atom is 0.411 e. The lowest BCUT2D eigenvalue weighted by atomic mass is 9.99. The highest BCUT2D eigenvalue weighted by Crippen LogP contribution is 2.38. The zero-order valence-corrected chi connectivity index (χ0v) is 25.9. The van der Waals surface area contributed by atoms with Crippen LogP contribution in [0.15, 0.2) is 54.6 Å². The monoisotopic (exact) mass is 615 g/mol. The summed E-state index contributed by atoms with van der Waals surface area (Å²) >= 11 is 1.56. The molecule has 1 aliphatic heterocycles. The number of likely N-dealkylation sites (tertiary alicyclic amines) is 1. The van der Waals surface area contributed by atoms with E-state index in [2.05, 4.69) is 25.4 Å². The SMILES string of the molecule is COC(=O)[C@H]1C[C@@H](Oc2cc(-c3cnn(C)c3)cc3ncnc(Nc4ccc5ncsc5c4)c23)CCN1C(=O)OC(C)(C)C. The van der Waals surface area contributed by atoms with E-state index >= 15 is 0 Å². The number of esters is 1. The molecule has 1 saturated heterocycles. The molecular formula is C31H33N7O5S. The minimum Gasteiger partial charge on any atom is -0.489 e. The molecule has 0 saturated carbocycles. The lowest BCUT2D eigenvalue weighted by Gasteiger charge is -2.38. The van der Waals surface area contributed by atoms with Crippen molar-refractivity contribution < 1.29 is 23.8 Å². The van der Waals surface area contributed by atoms with Gasteiger partial charge in [0.1, 0.15) is 35.6 Å². The molecule has 0 radical (unpaired) electrons. The second kappa shape index (κ2) is 11.7. The summed E-state index contributed by atoms with van der Waals surface area (Å²) in [6, 6.07) is 8.99. The molecule has 6 rings (SSSR count). The summed E-state index contributed by atoms with van der Waals surface area (Å²) in [5.41, 5.74) is 5.33. The molecule has 1 aliphatic rings. The highest BCUT2D eigenvalue weighted by molar-refractivity contribution is 7.16. The zero-order chi connectivity index (χ0) is 31.0. The second-order valence-corrected chi connectivity index (χ2v) is 12.5. The topological polar surface area (TPSA) is 134 Å². The van der Waals surface area contributed by atoms with Crippen molar-refractivity contribution in [3.05, 3.63) is 54.6 Å². The summed E-state index contributed by atoms with van der Waals surface area (Å²) < 4.78 is 20.1. The number of piperidine rings is 1. The van der Waals surface area contributed by atoms with Crippen LogP contribution in [0.25, 0.3) is 32.2 Å². The van der Waals surface area contributed by atoms with Gasteiger partial charge in [-0.3, -0.25) is 9.58 Å². The first kappa shape index (κ1) is 29.3. The number of rotatable bonds is 6. The highest BCUT2D eigenvalue weighted by atomic mass is 32.1. The molecule has 0 bridgehead atoms. The Balaban J connectivity index is 1.37. The summed E-state index contributed by atoms with van der Waals surface area (Å²) in [6.07, 6.45) is 4.94. The first-order valence-electron chi connectivity index (χ1n) is 14.2. The normalized spacial score (nSPS) is 17.1. The number of aryl methyl sites for hydroxylation is 1. The zero-order valence-electron chi connectivity index (χ0n) is 25.1. The molecule has 13 heteroatoms. The summed E-state index contributed by atoms with van der Waals surface area (Å²) in [7, 11) is 3.17. The molecule has 2 atom stereocenters. The molecule has 0 unspecified atom stereocenters. The van der Waals surface area contributed by atoms with E-state index in [0.29, 0.717) is 28.9 Å². The molecule has 3 aromatic heterocycles. The number of methoxy groups -OCH3 is 1. The number of nitrogens with one attached hydrogen (secondary N) is 1. The molecule has 1 N–H and O–H groups in total. The second-order valence-electron chi connectivity index (χ2n) is 11.6. The van der Waals surface area contributed by atoms with Gasteiger partial charge >= 0.3 is 12.1 Å². The highest BCUT2D eigenvalue weighted by Gasteiger charge is 2.40. The van der Waals surface area contributed by atoms with Crippen LogP contribution in [0.2, 0.25) is 0 Å². The van der Waals surface area contributed by atoms with E-state index in [1.165, 1.54) is 18.3 Å². The summed E-state index contributed by atoms with van der Waals surface area (Å²) in [6.45, 7) is 5.63. The molecule has 44 heavy (non-hydrogen) atoms. The van der Waals surface area contributed by atoms with Crippen LogP contribution in [-0.2, 0) is 21.3 Å². The van der Waals surface area contributed by atoms with Gasteiger partial charge in [0, 0.05) is 43.9 Å². The number of amides is 1. The maximum atomic E-state index is 13.0. The predicted octanol–water partition coefficient (Wildman–Crippen LogP) is 5.70. The molecule has 2 aromatic carbocycles. The number of thiazole rings is 1. The van der Waals surface area contributed by atoms with Crippen molar-refractivity contribution in [2.75, 3.05) is 19.0 Å². The van der Waals surface area contributed by atoms with E-state index < -0.39 is 29.8 Å². The van der Waals surface area contributed by atoms with Crippen LogP contribution < -0.4 is 10.1 Å². The van der Waals surface area contributed by atoms with E-state index in [1.54, 1.807) is 43.0 Å². The standard InChI is InChI=1S/C31H33N7O5S/c1-31(2,3)43-30(40)38-9-8-21(13-24(38)29(39)41-5)42-25-11-18(19-14-35-37(4)15-19)10-23-27(25)28(33-16-32-23)36-20-6-7-22-26(12-20)44-17-34-22/h6-7,10-12,14-17,21,24H,8-9,13H2,1-5H3,(H,32,33,36)/t21-,24+/m0/s1. The number of benzene rings is 2. The van der Waals surface area contributed by atoms with Gasteiger partial charge in [0.05, 0.1) is 39.9 Å². The Kier molecular flexibility index (Phi) is 7.80. The summed E-state index contributed by atoms with van der Waals surface area (Å²) in [5.74, 6) is 0.590. The molecule has 228 valence electrons. The van der Waals surface area contributed by atoms with Gasteiger partial charge in [-0.15, -0.1) is 11.3 Å². The number of fused-ring (bicyclic) bond motifs is 2. The molecule has 1 fully saturated rings. The Morgan fingerprint density at radius 1 is 1.07 bits per heavy atom. The Morgan fingerprint density at radius 3 is 2.66 bits per heavy atom. The number of hydrogen-bond donors (Lipinski definition) is 1. The van der Waals surface area contributed by atoms with Gasteiger partial charge in [-0.25, -0.2) is 24.5 Å². The summed E-state index contributed by atoms with van der Waals surface area (Å²) in [4.78, 5) is 40.8. The van der Waals surface area contributed by atoms with Crippen LogP contribution in [-0.4, -0.2) is 73.1 Å². The van der Waals surface area contributed by atoms with E-state index in [-0.39, 0.29) is 13.0 Å². The number of carbonyl (C=O) groups is 2. The quantitative estimate of drug-likeness (QED) is 0.237. The molecular weight excluding hydrogens is 582 g/mol. The van der Waals surface area contributed by atoms with Gasteiger partial charge in [-0.05, 0) is 56.7 Å². The van der Waals surface area contributed by atoms with Crippen molar-refractivity contribution >= 4 is 56.0 Å². The third-order valence-electron chi connectivity index (χ3n) is 7.28. The van der Waals surface area contributed by atoms with Crippen molar-refractivity contribution in [3.8, 4) is 16.9 Å². The average Bonchev–Trinajstić information content (AvgIpc) is 3.64. The molecule has 0 spiro atoms. The van der Waals surface area contributed by atoms with E-state index in [4.69, 9.17) is 14.2 Å². The van der Waals surface area contributed by atoms with Crippen molar-refractivity contribution in [2.24, 2.45) is 7.05 Å². The van der Waals surface area contributed by atoms with Crippen molar-refractivity contribution in [1.82, 2.24) is 29.6 Å². The van der Waals surface area contributed by atoms with Gasteiger partial charge in [0.25, 0.3) is 0 Å². The van der Waals surface area contributed by atoms with Crippen molar-refractivity contribution in [2.45, 2.75) is 51.4 Å². The molecule has 12 nitrogen and oxygen atoms in total. The third-order valence-corrected chi connectivity index (χ3v) is 8.08. The fraction of sp³-hybridized carbons (Fsp3) is 0.355. The van der Waals surface area contributed by atoms with Crippen molar-refractivity contribution in [3.63, 3.8) is 0 Å². The lowest BCUT2D eigenvalue weighted by Crippen LogP contribution is -2.53. The Bertz CT molecular complexity index is 1850. The van der Waals surface area contributed by atoms with Crippen LogP contribution in [0.4, 0.5) is 16.3 Å². The first-order valence-corrected chi connectivity index (χ1v) is 15.1. The number of ether oxygens (including phenoxy) is 3. The summed E-state index contributed by atoms with van der Waals surface area (Å²) in [5, 5.41) is 8.45. The van der Waals surface area contributed by atoms with Gasteiger partial charge in [-0.2, -0.15) is 5.10 Å². The van der Waals surface area contributed by atoms with Gasteiger partial charge in [0.2, 0.25) is 0 Å². The molecule has 4 heterocycles. The lowest BCUT2D eigenvalue weighted by molar-refractivity contribution is -0.149. The minimum absolute atomic E-state index is 0.225. The van der Waals surface area contributed by atoms with Crippen molar-refractivity contribution in [1.29, 1.82) is 0 Å². The Labute approximate surface area is 258 Å². The van der Waals surface area contributed by atoms with Crippen LogP contribution in [0.3, 0.4) is 0 Å². The number of anilines is 2. The number of carbonyl (C=O) groups excluding carboxylic acids is 2. The smallest absolute Gasteiger partial charge is 0.411 e. The van der Waals surface area contributed by atoms with Gasteiger partial charge in [0.15, 0.2) is 0 Å². The van der Waals surface area contributed by atoms with Gasteiger partial charge < -0.3 is 19.5 Å². The van der Waals surface area contributed by atoms with Crippen LogP contribution in [0, 0.1) is 0 Å². The molecule has 1 amide bonds. The fourth-order valence-electron chi connectivity index (χ4n) is 5.27. The predicted molar refractivity (Wildman–Crippen MR) is 167 cm³/mol. The largest absolute Gasteiger partial charge is 0.489 e. The third kappa shape index (κ3) is 6.13. The van der Waals surface area contributed by atoms with Gasteiger partial charge in [-0.1, -0.05) is 0 Å². The fourth-order valence-corrected chi connectivity index (χ4v) is 5.98. The number of nitrogens with zero attached hydrogens (tertiary/aromatic N) is 6. The van der Waals surface area contributed by atoms with Crippen LogP contribution in [0.1, 0.15) is 33.6 Å². The molecule has 0 aliphatic carbocycles. The Morgan fingerprint density at radius 2 is 1.91 bits per heavy atom. The maximum absolute atomic E-state index is 13.0. The number of aromatic nitrogens is 5. The average molecular weight is 616 g/mol. The number of hydrogen-bond acceptors (Lipinski definition) is 11. The van der Waals surface area contributed by atoms with E-state index in [9.17, 15) is 9.59 Å². The van der Waals surface area contributed by atoms with E-state index in [1.807, 2.05) is 49.1 Å². The van der Waals surface area contributed by atoms with Crippen LogP contribution >= 0.6 is 11.3 Å². The Hall–Kier alpha value is -4.78. The first-order chi connectivity index (χ1) is 21.1. The minimum atomic E-state index is -0.860. The van der Waals surface area contributed by atoms with Crippen LogP contribution in [0.5, 0.6) is 5.75 Å².